The monoisotopic (exact) mass is 478 g/mol. The van der Waals surface area contributed by atoms with Crippen molar-refractivity contribution < 1.29 is 0 Å². The van der Waals surface area contributed by atoms with Crippen molar-refractivity contribution >= 4 is 0 Å². The van der Waals surface area contributed by atoms with E-state index in [-0.39, 0.29) is 0 Å². The Labute approximate surface area is 215 Å². The SMILES string of the molecule is CCCC1CCC(CN2CCN[C@H](C)C2C)CC1.CCCN(CC1CCC(C)CC1)C(C)CC. The molecule has 0 amide bonds. The minimum atomic E-state index is 0.662. The molecule has 1 aliphatic heterocycles. The van der Waals surface area contributed by atoms with Crippen LogP contribution in [0.25, 0.3) is 0 Å². The molecule has 0 spiro atoms. The molecule has 1 saturated heterocycles. The van der Waals surface area contributed by atoms with Gasteiger partial charge in [-0.15, -0.1) is 0 Å². The molecule has 34 heavy (non-hydrogen) atoms. The Morgan fingerprint density at radius 1 is 0.824 bits per heavy atom. The maximum absolute atomic E-state index is 3.58. The number of nitrogens with zero attached hydrogens (tertiary/aromatic N) is 2. The number of piperazine rings is 1. The highest BCUT2D eigenvalue weighted by Gasteiger charge is 2.28. The molecule has 3 fully saturated rings. The average Bonchev–Trinajstić information content (AvgIpc) is 2.84. The number of nitrogens with one attached hydrogen (secondary N) is 1. The largest absolute Gasteiger partial charge is 0.311 e. The molecule has 3 nitrogen and oxygen atoms in total. The molecule has 3 aliphatic rings. The molecule has 0 bridgehead atoms. The summed E-state index contributed by atoms with van der Waals surface area (Å²) in [5.74, 6) is 3.99. The molecule has 0 aromatic rings. The first-order valence-corrected chi connectivity index (χ1v) is 15.6. The van der Waals surface area contributed by atoms with Crippen LogP contribution in [0.3, 0.4) is 0 Å². The molecule has 2 aliphatic carbocycles. The molecule has 2 saturated carbocycles. The number of hydrogen-bond acceptors (Lipinski definition) is 3. The first-order chi connectivity index (χ1) is 16.4. The van der Waals surface area contributed by atoms with Crippen LogP contribution < -0.4 is 5.32 Å². The van der Waals surface area contributed by atoms with Gasteiger partial charge >= 0.3 is 0 Å². The Bertz CT molecular complexity index is 493. The normalized spacial score (nSPS) is 33.9. The Hall–Kier alpha value is -0.120. The predicted molar refractivity (Wildman–Crippen MR) is 152 cm³/mol. The van der Waals surface area contributed by atoms with Crippen LogP contribution >= 0.6 is 0 Å². The third-order valence-corrected chi connectivity index (χ3v) is 9.67. The van der Waals surface area contributed by atoms with Crippen LogP contribution in [0.5, 0.6) is 0 Å². The van der Waals surface area contributed by atoms with Crippen LogP contribution in [0, 0.1) is 23.7 Å². The summed E-state index contributed by atoms with van der Waals surface area (Å²) in [6.07, 6.45) is 17.3. The zero-order chi connectivity index (χ0) is 24.9. The summed E-state index contributed by atoms with van der Waals surface area (Å²) in [5.41, 5.74) is 0. The lowest BCUT2D eigenvalue weighted by atomic mass is 9.79. The first-order valence-electron chi connectivity index (χ1n) is 15.6. The molecule has 3 atom stereocenters. The highest BCUT2D eigenvalue weighted by molar-refractivity contribution is 4.85. The maximum atomic E-state index is 3.58. The van der Waals surface area contributed by atoms with Crippen LogP contribution in [-0.2, 0) is 0 Å². The number of rotatable bonds is 10. The van der Waals surface area contributed by atoms with E-state index in [2.05, 4.69) is 63.6 Å². The van der Waals surface area contributed by atoms with Crippen molar-refractivity contribution in [3.63, 3.8) is 0 Å². The van der Waals surface area contributed by atoms with Crippen LogP contribution in [0.15, 0.2) is 0 Å². The highest BCUT2D eigenvalue weighted by Crippen LogP contribution is 2.32. The van der Waals surface area contributed by atoms with Gasteiger partial charge in [0.1, 0.15) is 0 Å². The minimum absolute atomic E-state index is 0.662. The molecule has 0 radical (unpaired) electrons. The summed E-state index contributed by atoms with van der Waals surface area (Å²) in [7, 11) is 0. The Morgan fingerprint density at radius 2 is 1.44 bits per heavy atom. The second-order valence-electron chi connectivity index (χ2n) is 12.5. The van der Waals surface area contributed by atoms with Crippen molar-refractivity contribution in [3.05, 3.63) is 0 Å². The van der Waals surface area contributed by atoms with Crippen LogP contribution in [0.2, 0.25) is 0 Å². The Kier molecular flexibility index (Phi) is 14.7. The van der Waals surface area contributed by atoms with Gasteiger partial charge in [-0.2, -0.15) is 0 Å². The molecule has 2 unspecified atom stereocenters. The van der Waals surface area contributed by atoms with Gasteiger partial charge in [0, 0.05) is 44.3 Å². The van der Waals surface area contributed by atoms with E-state index in [1.165, 1.54) is 110 Å². The van der Waals surface area contributed by atoms with Gasteiger partial charge in [-0.25, -0.2) is 0 Å². The Morgan fingerprint density at radius 3 is 2.03 bits per heavy atom. The van der Waals surface area contributed by atoms with Crippen molar-refractivity contribution in [2.45, 2.75) is 144 Å². The molecule has 3 heteroatoms. The summed E-state index contributed by atoms with van der Waals surface area (Å²) in [4.78, 5) is 5.45. The standard InChI is InChI=1S/C16H32N2.C15H31N/c1-4-5-15-6-8-16(9-7-15)12-18-11-10-17-13(2)14(18)3;1-5-11-16(14(4)6-2)12-15-9-7-13(3)8-10-15/h13-17H,4-12H2,1-3H3;13-15H,5-12H2,1-4H3/t13-,14?,15?,16?;/m1./s1. The smallest absolute Gasteiger partial charge is 0.0219 e. The van der Waals surface area contributed by atoms with E-state index in [9.17, 15) is 0 Å². The third kappa shape index (κ3) is 10.5. The van der Waals surface area contributed by atoms with E-state index >= 15 is 0 Å². The van der Waals surface area contributed by atoms with E-state index in [4.69, 9.17) is 0 Å². The van der Waals surface area contributed by atoms with Crippen LogP contribution in [0.4, 0.5) is 0 Å². The van der Waals surface area contributed by atoms with E-state index in [0.717, 1.165) is 29.7 Å². The first kappa shape index (κ1) is 30.1. The quantitative estimate of drug-likeness (QED) is 0.349. The van der Waals surface area contributed by atoms with Crippen molar-refractivity contribution in [3.8, 4) is 0 Å². The third-order valence-electron chi connectivity index (χ3n) is 9.67. The van der Waals surface area contributed by atoms with Gasteiger partial charge in [0.15, 0.2) is 0 Å². The highest BCUT2D eigenvalue weighted by atomic mass is 15.2. The topological polar surface area (TPSA) is 18.5 Å². The summed E-state index contributed by atoms with van der Waals surface area (Å²) in [6, 6.07) is 2.15. The van der Waals surface area contributed by atoms with Gasteiger partial charge in [0.25, 0.3) is 0 Å². The van der Waals surface area contributed by atoms with E-state index in [1.807, 2.05) is 0 Å². The van der Waals surface area contributed by atoms with Gasteiger partial charge in [0.2, 0.25) is 0 Å². The lowest BCUT2D eigenvalue weighted by Gasteiger charge is -2.41. The van der Waals surface area contributed by atoms with E-state index in [0.29, 0.717) is 12.1 Å². The molecule has 1 heterocycles. The fourth-order valence-corrected chi connectivity index (χ4v) is 6.71. The molecular formula is C31H63N3. The average molecular weight is 478 g/mol. The van der Waals surface area contributed by atoms with Crippen molar-refractivity contribution in [2.24, 2.45) is 23.7 Å². The number of hydrogen-bond donors (Lipinski definition) is 1. The summed E-state index contributed by atoms with van der Waals surface area (Å²) >= 11 is 0. The maximum Gasteiger partial charge on any atom is 0.0219 e. The van der Waals surface area contributed by atoms with Crippen molar-refractivity contribution in [1.82, 2.24) is 15.1 Å². The van der Waals surface area contributed by atoms with Crippen molar-refractivity contribution in [1.29, 1.82) is 0 Å². The summed E-state index contributed by atoms with van der Waals surface area (Å²) in [5, 5.41) is 3.58. The van der Waals surface area contributed by atoms with Gasteiger partial charge in [-0.05, 0) is 89.5 Å². The van der Waals surface area contributed by atoms with Crippen molar-refractivity contribution in [2.75, 3.05) is 32.7 Å². The van der Waals surface area contributed by atoms with E-state index in [1.54, 1.807) is 0 Å². The Balaban J connectivity index is 0.000000242. The van der Waals surface area contributed by atoms with Crippen LogP contribution in [0.1, 0.15) is 126 Å². The zero-order valence-electron chi connectivity index (χ0n) is 24.5. The molecule has 1 N–H and O–H groups in total. The van der Waals surface area contributed by atoms with Gasteiger partial charge < -0.3 is 10.2 Å². The fourth-order valence-electron chi connectivity index (χ4n) is 6.71. The summed E-state index contributed by atoms with van der Waals surface area (Å²) < 4.78 is 0. The molecule has 0 aromatic heterocycles. The zero-order valence-corrected chi connectivity index (χ0v) is 24.5. The van der Waals surface area contributed by atoms with Crippen LogP contribution in [-0.4, -0.2) is 60.6 Å². The summed E-state index contributed by atoms with van der Waals surface area (Å²) in [6.45, 7) is 22.9. The van der Waals surface area contributed by atoms with Gasteiger partial charge in [-0.3, -0.25) is 4.90 Å². The lowest BCUT2D eigenvalue weighted by molar-refractivity contribution is 0.0996. The second-order valence-corrected chi connectivity index (χ2v) is 12.5. The predicted octanol–water partition coefficient (Wildman–Crippen LogP) is 7.60. The molecule has 202 valence electrons. The van der Waals surface area contributed by atoms with Gasteiger partial charge in [-0.1, -0.05) is 66.2 Å². The minimum Gasteiger partial charge on any atom is -0.311 e. The molecular weight excluding hydrogens is 414 g/mol. The lowest BCUT2D eigenvalue weighted by Crippen LogP contribution is -2.56. The van der Waals surface area contributed by atoms with Gasteiger partial charge in [0.05, 0.1) is 0 Å². The molecule has 0 aromatic carbocycles. The molecule has 3 rings (SSSR count). The van der Waals surface area contributed by atoms with E-state index < -0.39 is 0 Å². The fraction of sp³-hybridized carbons (Fsp3) is 1.00. The second kappa shape index (κ2) is 16.6.